The maximum Gasteiger partial charge on any atom is 0.313 e. The zero-order chi connectivity index (χ0) is 13.1. The third-order valence-corrected chi connectivity index (χ3v) is 3.41. The van der Waals surface area contributed by atoms with Gasteiger partial charge in [0.25, 0.3) is 0 Å². The fourth-order valence-corrected chi connectivity index (χ4v) is 2.31. The molecule has 1 heterocycles. The van der Waals surface area contributed by atoms with Crippen molar-refractivity contribution in [2.45, 2.75) is 24.8 Å². The SMILES string of the molecule is CC(C)c1nc(SCC(=O)O)c2ccccc2n1. The van der Waals surface area contributed by atoms with E-state index in [0.29, 0.717) is 0 Å². The Morgan fingerprint density at radius 2 is 2.06 bits per heavy atom. The first-order valence-electron chi connectivity index (χ1n) is 5.69. The highest BCUT2D eigenvalue weighted by Gasteiger charge is 2.11. The van der Waals surface area contributed by atoms with E-state index >= 15 is 0 Å². The molecule has 0 aliphatic heterocycles. The van der Waals surface area contributed by atoms with Crippen LogP contribution in [0.2, 0.25) is 0 Å². The molecule has 2 rings (SSSR count). The number of fused-ring (bicyclic) bond motifs is 1. The van der Waals surface area contributed by atoms with E-state index in [4.69, 9.17) is 5.11 Å². The lowest BCUT2D eigenvalue weighted by molar-refractivity contribution is -0.133. The van der Waals surface area contributed by atoms with E-state index in [1.165, 1.54) is 11.8 Å². The van der Waals surface area contributed by atoms with Crippen molar-refractivity contribution < 1.29 is 9.90 Å². The van der Waals surface area contributed by atoms with Gasteiger partial charge in [0.15, 0.2) is 0 Å². The average Bonchev–Trinajstić information content (AvgIpc) is 2.35. The quantitative estimate of drug-likeness (QED) is 0.678. The molecule has 0 saturated heterocycles. The van der Waals surface area contributed by atoms with Gasteiger partial charge < -0.3 is 5.11 Å². The molecule has 1 aromatic heterocycles. The van der Waals surface area contributed by atoms with E-state index in [1.807, 2.05) is 38.1 Å². The van der Waals surface area contributed by atoms with Gasteiger partial charge in [0, 0.05) is 11.3 Å². The van der Waals surface area contributed by atoms with Crippen molar-refractivity contribution in [3.8, 4) is 0 Å². The summed E-state index contributed by atoms with van der Waals surface area (Å²) in [5.41, 5.74) is 0.865. The minimum absolute atomic E-state index is 0.0124. The molecule has 94 valence electrons. The van der Waals surface area contributed by atoms with Crippen LogP contribution >= 0.6 is 11.8 Å². The third kappa shape index (κ3) is 2.79. The Morgan fingerprint density at radius 3 is 2.72 bits per heavy atom. The summed E-state index contributed by atoms with van der Waals surface area (Å²) in [4.78, 5) is 19.6. The average molecular weight is 262 g/mol. The van der Waals surface area contributed by atoms with Crippen LogP contribution in [-0.4, -0.2) is 26.8 Å². The standard InChI is InChI=1S/C13H14N2O2S/c1-8(2)12-14-10-6-4-3-5-9(10)13(15-12)18-7-11(16)17/h3-6,8H,7H2,1-2H3,(H,16,17). The van der Waals surface area contributed by atoms with E-state index in [1.54, 1.807) is 0 Å². The highest BCUT2D eigenvalue weighted by atomic mass is 32.2. The van der Waals surface area contributed by atoms with Gasteiger partial charge in [-0.25, -0.2) is 9.97 Å². The lowest BCUT2D eigenvalue weighted by Crippen LogP contribution is -2.02. The molecule has 0 amide bonds. The van der Waals surface area contributed by atoms with Gasteiger partial charge in [-0.3, -0.25) is 4.79 Å². The van der Waals surface area contributed by atoms with Crippen LogP contribution < -0.4 is 0 Å². The van der Waals surface area contributed by atoms with Crippen LogP contribution in [0.15, 0.2) is 29.3 Å². The largest absolute Gasteiger partial charge is 0.481 e. The fraction of sp³-hybridized carbons (Fsp3) is 0.308. The number of nitrogens with zero attached hydrogens (tertiary/aromatic N) is 2. The Kier molecular flexibility index (Phi) is 3.81. The molecule has 0 radical (unpaired) electrons. The first-order chi connectivity index (χ1) is 8.58. The van der Waals surface area contributed by atoms with Crippen molar-refractivity contribution in [1.29, 1.82) is 0 Å². The summed E-state index contributed by atoms with van der Waals surface area (Å²) in [5.74, 6) is 0.146. The Morgan fingerprint density at radius 1 is 1.33 bits per heavy atom. The van der Waals surface area contributed by atoms with E-state index in [0.717, 1.165) is 21.8 Å². The maximum absolute atomic E-state index is 10.7. The number of aromatic nitrogens is 2. The van der Waals surface area contributed by atoms with Crippen molar-refractivity contribution in [2.24, 2.45) is 0 Å². The molecular weight excluding hydrogens is 248 g/mol. The number of para-hydroxylation sites is 1. The van der Waals surface area contributed by atoms with Crippen molar-refractivity contribution >= 4 is 28.6 Å². The zero-order valence-electron chi connectivity index (χ0n) is 10.3. The summed E-state index contributed by atoms with van der Waals surface area (Å²) >= 11 is 1.24. The molecule has 0 saturated carbocycles. The summed E-state index contributed by atoms with van der Waals surface area (Å²) in [6.45, 7) is 4.05. The lowest BCUT2D eigenvalue weighted by atomic mass is 10.2. The van der Waals surface area contributed by atoms with Gasteiger partial charge in [0.1, 0.15) is 10.9 Å². The second kappa shape index (κ2) is 5.35. The molecule has 4 nitrogen and oxygen atoms in total. The van der Waals surface area contributed by atoms with Crippen molar-refractivity contribution in [2.75, 3.05) is 5.75 Å². The van der Waals surface area contributed by atoms with Gasteiger partial charge in [-0.05, 0) is 6.07 Å². The Hall–Kier alpha value is -1.62. The zero-order valence-corrected chi connectivity index (χ0v) is 11.1. The second-order valence-corrected chi connectivity index (χ2v) is 5.21. The van der Waals surface area contributed by atoms with Crippen LogP contribution in [0.25, 0.3) is 10.9 Å². The molecule has 2 aromatic rings. The lowest BCUT2D eigenvalue weighted by Gasteiger charge is -2.09. The summed E-state index contributed by atoms with van der Waals surface area (Å²) in [6.07, 6.45) is 0. The van der Waals surface area contributed by atoms with Crippen LogP contribution in [0.1, 0.15) is 25.6 Å². The molecule has 0 unspecified atom stereocenters. The highest BCUT2D eigenvalue weighted by molar-refractivity contribution is 8.00. The first kappa shape index (κ1) is 12.8. The Bertz CT molecular complexity index is 584. The number of aliphatic carboxylic acids is 1. The molecule has 5 heteroatoms. The highest BCUT2D eigenvalue weighted by Crippen LogP contribution is 2.26. The normalized spacial score (nSPS) is 11.1. The minimum Gasteiger partial charge on any atom is -0.481 e. The van der Waals surface area contributed by atoms with E-state index in [-0.39, 0.29) is 11.7 Å². The molecule has 0 bridgehead atoms. The topological polar surface area (TPSA) is 63.1 Å². The van der Waals surface area contributed by atoms with E-state index in [9.17, 15) is 4.79 Å². The van der Waals surface area contributed by atoms with Crippen LogP contribution in [0, 0.1) is 0 Å². The number of thioether (sulfide) groups is 1. The van der Waals surface area contributed by atoms with Gasteiger partial charge >= 0.3 is 5.97 Å². The van der Waals surface area contributed by atoms with Crippen molar-refractivity contribution in [3.63, 3.8) is 0 Å². The summed E-state index contributed by atoms with van der Waals surface area (Å²) in [7, 11) is 0. The van der Waals surface area contributed by atoms with E-state index < -0.39 is 5.97 Å². The Balaban J connectivity index is 2.50. The Labute approximate surface area is 109 Å². The molecule has 1 N–H and O–H groups in total. The number of hydrogen-bond donors (Lipinski definition) is 1. The molecule has 0 aliphatic carbocycles. The summed E-state index contributed by atoms with van der Waals surface area (Å²) in [6, 6.07) is 7.67. The maximum atomic E-state index is 10.7. The summed E-state index contributed by atoms with van der Waals surface area (Å²) in [5, 5.41) is 10.4. The number of rotatable bonds is 4. The molecule has 0 spiro atoms. The number of benzene rings is 1. The van der Waals surface area contributed by atoms with Gasteiger partial charge in [0.05, 0.1) is 11.3 Å². The molecule has 18 heavy (non-hydrogen) atoms. The smallest absolute Gasteiger partial charge is 0.313 e. The number of carboxylic acids is 1. The molecule has 0 aliphatic rings. The minimum atomic E-state index is -0.839. The first-order valence-corrected chi connectivity index (χ1v) is 6.67. The number of carbonyl (C=O) groups is 1. The predicted octanol–water partition coefficient (Wildman–Crippen LogP) is 2.93. The van der Waals surface area contributed by atoms with Gasteiger partial charge in [-0.1, -0.05) is 43.8 Å². The number of carboxylic acid groups (broad SMARTS) is 1. The van der Waals surface area contributed by atoms with Crippen LogP contribution in [-0.2, 0) is 4.79 Å². The van der Waals surface area contributed by atoms with Crippen LogP contribution in [0.3, 0.4) is 0 Å². The summed E-state index contributed by atoms with van der Waals surface area (Å²) < 4.78 is 0. The third-order valence-electron chi connectivity index (χ3n) is 2.43. The van der Waals surface area contributed by atoms with Crippen LogP contribution in [0.4, 0.5) is 0 Å². The predicted molar refractivity (Wildman–Crippen MR) is 72.0 cm³/mol. The fourth-order valence-electron chi connectivity index (χ4n) is 1.56. The molecule has 1 aromatic carbocycles. The van der Waals surface area contributed by atoms with Crippen molar-refractivity contribution in [1.82, 2.24) is 9.97 Å². The van der Waals surface area contributed by atoms with Gasteiger partial charge in [-0.15, -0.1) is 0 Å². The second-order valence-electron chi connectivity index (χ2n) is 4.24. The number of hydrogen-bond acceptors (Lipinski definition) is 4. The van der Waals surface area contributed by atoms with Crippen LogP contribution in [0.5, 0.6) is 0 Å². The molecular formula is C13H14N2O2S. The van der Waals surface area contributed by atoms with Gasteiger partial charge in [-0.2, -0.15) is 0 Å². The van der Waals surface area contributed by atoms with Crippen molar-refractivity contribution in [3.05, 3.63) is 30.1 Å². The monoisotopic (exact) mass is 262 g/mol. The molecule has 0 atom stereocenters. The van der Waals surface area contributed by atoms with E-state index in [2.05, 4.69) is 9.97 Å². The van der Waals surface area contributed by atoms with Gasteiger partial charge in [0.2, 0.25) is 0 Å². The molecule has 0 fully saturated rings.